The van der Waals surface area contributed by atoms with E-state index in [1.165, 1.54) is 42.3 Å². The molecule has 8 heteroatoms. The van der Waals surface area contributed by atoms with Crippen LogP contribution in [0.15, 0.2) is 0 Å². The minimum Gasteiger partial charge on any atom is -0.469 e. The fourth-order valence-corrected chi connectivity index (χ4v) is 3.90. The smallest absolute Gasteiger partial charge is 0.312 e. The van der Waals surface area contributed by atoms with Crippen molar-refractivity contribution in [3.63, 3.8) is 0 Å². The molecular formula is C20H34O8. The van der Waals surface area contributed by atoms with Gasteiger partial charge in [0.15, 0.2) is 0 Å². The van der Waals surface area contributed by atoms with Crippen molar-refractivity contribution in [2.24, 2.45) is 21.7 Å². The maximum atomic E-state index is 12.9. The molecule has 0 aliphatic rings. The molecule has 0 radical (unpaired) electrons. The molecule has 0 aromatic rings. The SMILES string of the molecule is COC(=O)C(C)(C)CC(C)(C(=O)OC)C(C)(CC(C)(C)C(=O)OC)C(=O)OC. The van der Waals surface area contributed by atoms with Gasteiger partial charge >= 0.3 is 23.9 Å². The highest BCUT2D eigenvalue weighted by Crippen LogP contribution is 2.54. The molecule has 0 N–H and O–H groups in total. The van der Waals surface area contributed by atoms with Crippen LogP contribution in [0.3, 0.4) is 0 Å². The number of ether oxygens (including phenoxy) is 4. The zero-order valence-electron chi connectivity index (χ0n) is 18.7. The summed E-state index contributed by atoms with van der Waals surface area (Å²) in [5.74, 6) is -2.47. The van der Waals surface area contributed by atoms with Crippen LogP contribution in [0.2, 0.25) is 0 Å². The summed E-state index contributed by atoms with van der Waals surface area (Å²) in [4.78, 5) is 50.4. The average Bonchev–Trinajstić information content (AvgIpc) is 2.63. The van der Waals surface area contributed by atoms with Crippen molar-refractivity contribution in [3.8, 4) is 0 Å². The van der Waals surface area contributed by atoms with Gasteiger partial charge in [-0.1, -0.05) is 0 Å². The molecule has 0 amide bonds. The van der Waals surface area contributed by atoms with Crippen molar-refractivity contribution in [2.75, 3.05) is 28.4 Å². The molecule has 0 aliphatic carbocycles. The van der Waals surface area contributed by atoms with E-state index in [4.69, 9.17) is 18.9 Å². The second-order valence-corrected chi connectivity index (χ2v) is 8.75. The second-order valence-electron chi connectivity index (χ2n) is 8.75. The lowest BCUT2D eigenvalue weighted by Gasteiger charge is -2.47. The predicted octanol–water partition coefficient (Wildman–Crippen LogP) is 2.52. The van der Waals surface area contributed by atoms with Gasteiger partial charge in [0.25, 0.3) is 0 Å². The topological polar surface area (TPSA) is 105 Å². The Morgan fingerprint density at radius 1 is 0.500 bits per heavy atom. The Morgan fingerprint density at radius 3 is 0.893 bits per heavy atom. The first-order valence-corrected chi connectivity index (χ1v) is 8.93. The monoisotopic (exact) mass is 402 g/mol. The third-order valence-electron chi connectivity index (χ3n) is 5.56. The van der Waals surface area contributed by atoms with E-state index >= 15 is 0 Å². The van der Waals surface area contributed by atoms with E-state index < -0.39 is 45.5 Å². The van der Waals surface area contributed by atoms with E-state index in [2.05, 4.69) is 0 Å². The van der Waals surface area contributed by atoms with Gasteiger partial charge in [-0.25, -0.2) is 0 Å². The van der Waals surface area contributed by atoms with E-state index in [1.54, 1.807) is 27.7 Å². The summed E-state index contributed by atoms with van der Waals surface area (Å²) in [6.45, 7) is 9.53. The Morgan fingerprint density at radius 2 is 0.714 bits per heavy atom. The molecule has 0 spiro atoms. The van der Waals surface area contributed by atoms with Gasteiger partial charge in [-0.3, -0.25) is 19.2 Å². The molecule has 162 valence electrons. The zero-order valence-corrected chi connectivity index (χ0v) is 18.7. The molecule has 8 nitrogen and oxygen atoms in total. The van der Waals surface area contributed by atoms with E-state index in [9.17, 15) is 19.2 Å². The first-order valence-electron chi connectivity index (χ1n) is 8.93. The minimum atomic E-state index is -1.50. The summed E-state index contributed by atoms with van der Waals surface area (Å²) in [7, 11) is 4.91. The first kappa shape index (κ1) is 25.9. The van der Waals surface area contributed by atoms with Gasteiger partial charge in [0.05, 0.1) is 50.1 Å². The van der Waals surface area contributed by atoms with Gasteiger partial charge in [-0.2, -0.15) is 0 Å². The van der Waals surface area contributed by atoms with Crippen molar-refractivity contribution >= 4 is 23.9 Å². The van der Waals surface area contributed by atoms with Crippen LogP contribution < -0.4 is 0 Å². The van der Waals surface area contributed by atoms with Gasteiger partial charge in [-0.15, -0.1) is 0 Å². The van der Waals surface area contributed by atoms with Crippen LogP contribution in [0, 0.1) is 21.7 Å². The summed E-state index contributed by atoms with van der Waals surface area (Å²) in [6, 6.07) is 0. The van der Waals surface area contributed by atoms with E-state index in [-0.39, 0.29) is 12.8 Å². The Hall–Kier alpha value is -2.12. The van der Waals surface area contributed by atoms with Crippen LogP contribution in [0.1, 0.15) is 54.4 Å². The third kappa shape index (κ3) is 4.83. The number of hydrogen-bond acceptors (Lipinski definition) is 8. The van der Waals surface area contributed by atoms with Gasteiger partial charge in [0.1, 0.15) is 0 Å². The zero-order chi connectivity index (χ0) is 22.6. The molecule has 2 atom stereocenters. The highest BCUT2D eigenvalue weighted by molar-refractivity contribution is 5.90. The van der Waals surface area contributed by atoms with Crippen LogP contribution in [0.5, 0.6) is 0 Å². The molecule has 28 heavy (non-hydrogen) atoms. The Balaban J connectivity index is 6.61. The Bertz CT molecular complexity index is 568. The van der Waals surface area contributed by atoms with Crippen LogP contribution in [0.4, 0.5) is 0 Å². The van der Waals surface area contributed by atoms with Crippen molar-refractivity contribution in [3.05, 3.63) is 0 Å². The molecule has 0 heterocycles. The minimum absolute atomic E-state index is 0.0673. The number of carbonyl (C=O) groups is 4. The lowest BCUT2D eigenvalue weighted by molar-refractivity contribution is -0.186. The van der Waals surface area contributed by atoms with Crippen LogP contribution in [0.25, 0.3) is 0 Å². The first-order chi connectivity index (χ1) is 12.6. The fraction of sp³-hybridized carbons (Fsp3) is 0.800. The van der Waals surface area contributed by atoms with Crippen LogP contribution >= 0.6 is 0 Å². The molecule has 0 aromatic carbocycles. The summed E-state index contributed by atoms with van der Waals surface area (Å²) < 4.78 is 19.7. The van der Waals surface area contributed by atoms with Crippen LogP contribution in [-0.2, 0) is 38.1 Å². The largest absolute Gasteiger partial charge is 0.469 e. The average molecular weight is 402 g/mol. The van der Waals surface area contributed by atoms with Crippen molar-refractivity contribution < 1.29 is 38.1 Å². The number of esters is 4. The highest BCUT2D eigenvalue weighted by Gasteiger charge is 2.61. The summed E-state index contributed by atoms with van der Waals surface area (Å²) in [6.07, 6.45) is -0.135. The standard InChI is InChI=1S/C20H34O8/c1-17(2,13(21)25-7)11-19(5,15(23)27-9)20(6,16(24)28-10)12-18(3,4)14(22)26-8/h11-12H2,1-10H3. The molecule has 0 rings (SSSR count). The lowest BCUT2D eigenvalue weighted by Crippen LogP contribution is -2.55. The molecule has 0 saturated heterocycles. The maximum Gasteiger partial charge on any atom is 0.312 e. The van der Waals surface area contributed by atoms with Crippen molar-refractivity contribution in [2.45, 2.75) is 54.4 Å². The molecule has 0 saturated carbocycles. The highest BCUT2D eigenvalue weighted by atomic mass is 16.5. The predicted molar refractivity (Wildman–Crippen MR) is 101 cm³/mol. The molecule has 0 aromatic heterocycles. The maximum absolute atomic E-state index is 12.9. The van der Waals surface area contributed by atoms with Crippen molar-refractivity contribution in [1.29, 1.82) is 0 Å². The van der Waals surface area contributed by atoms with Gasteiger partial charge in [0.2, 0.25) is 0 Å². The molecular weight excluding hydrogens is 368 g/mol. The van der Waals surface area contributed by atoms with Gasteiger partial charge in [-0.05, 0) is 54.4 Å². The molecule has 0 aliphatic heterocycles. The normalized spacial score (nSPS) is 16.2. The third-order valence-corrected chi connectivity index (χ3v) is 5.56. The quantitative estimate of drug-likeness (QED) is 0.428. The Labute approximate surface area is 167 Å². The number of methoxy groups -OCH3 is 4. The van der Waals surface area contributed by atoms with E-state index in [0.29, 0.717) is 0 Å². The molecule has 0 bridgehead atoms. The second kappa shape index (κ2) is 8.92. The summed E-state index contributed by atoms with van der Waals surface area (Å²) in [5, 5.41) is 0. The molecule has 0 fully saturated rings. The van der Waals surface area contributed by atoms with Crippen LogP contribution in [-0.4, -0.2) is 52.3 Å². The van der Waals surface area contributed by atoms with Crippen molar-refractivity contribution in [1.82, 2.24) is 0 Å². The number of carbonyl (C=O) groups excluding carboxylic acids is 4. The fourth-order valence-electron chi connectivity index (χ4n) is 3.90. The summed E-state index contributed by atoms with van der Waals surface area (Å²) in [5.41, 5.74) is -5.22. The van der Waals surface area contributed by atoms with Gasteiger partial charge in [0, 0.05) is 0 Å². The van der Waals surface area contributed by atoms with E-state index in [1.807, 2.05) is 0 Å². The Kier molecular flexibility index (Phi) is 8.25. The molecule has 2 unspecified atom stereocenters. The lowest BCUT2D eigenvalue weighted by atomic mass is 9.55. The van der Waals surface area contributed by atoms with E-state index in [0.717, 1.165) is 0 Å². The summed E-state index contributed by atoms with van der Waals surface area (Å²) >= 11 is 0. The number of rotatable bonds is 9. The van der Waals surface area contributed by atoms with Gasteiger partial charge < -0.3 is 18.9 Å². The number of hydrogen-bond donors (Lipinski definition) is 0.